The third-order valence-corrected chi connectivity index (χ3v) is 8.60. The van der Waals surface area contributed by atoms with Crippen LogP contribution in [0.3, 0.4) is 0 Å². The Morgan fingerprint density at radius 1 is 0.946 bits per heavy atom. The number of morpholine rings is 1. The van der Waals surface area contributed by atoms with Gasteiger partial charge in [0.15, 0.2) is 0 Å². The van der Waals surface area contributed by atoms with Crippen LogP contribution in [0.2, 0.25) is 5.02 Å². The summed E-state index contributed by atoms with van der Waals surface area (Å²) < 4.78 is 7.34. The number of aromatic amines is 1. The zero-order valence-corrected chi connectivity index (χ0v) is 21.8. The smallest absolute Gasteiger partial charge is 0.282 e. The molecule has 4 aromatic rings. The van der Waals surface area contributed by atoms with Gasteiger partial charge in [0.25, 0.3) is 5.56 Å². The highest BCUT2D eigenvalue weighted by Gasteiger charge is 2.37. The topological polar surface area (TPSA) is 105 Å². The Labute approximate surface area is 224 Å². The average Bonchev–Trinajstić information content (AvgIpc) is 3.32. The number of halogens is 1. The molecule has 1 aromatic heterocycles. The van der Waals surface area contributed by atoms with E-state index in [-0.39, 0.29) is 22.5 Å². The number of fused-ring (bicyclic) bond motifs is 2. The molecular formula is C28H29ClN4O3S. The molecule has 0 amide bonds. The van der Waals surface area contributed by atoms with Gasteiger partial charge in [0.2, 0.25) is 5.88 Å². The van der Waals surface area contributed by atoms with Crippen LogP contribution in [-0.2, 0) is 4.74 Å². The lowest BCUT2D eigenvalue weighted by Gasteiger charge is -2.37. The number of nitrogens with one attached hydrogen (secondary N) is 1. The van der Waals surface area contributed by atoms with E-state index in [0.29, 0.717) is 22.0 Å². The van der Waals surface area contributed by atoms with Gasteiger partial charge in [-0.2, -0.15) is 0 Å². The van der Waals surface area contributed by atoms with Crippen LogP contribution in [0.1, 0.15) is 30.0 Å². The van der Waals surface area contributed by atoms with E-state index in [1.54, 1.807) is 10.7 Å². The van der Waals surface area contributed by atoms with Crippen molar-refractivity contribution in [3.63, 3.8) is 0 Å². The van der Waals surface area contributed by atoms with Crippen molar-refractivity contribution in [2.24, 2.45) is 0 Å². The lowest BCUT2D eigenvalue weighted by molar-refractivity contribution is 0.0906. The Morgan fingerprint density at radius 2 is 1.62 bits per heavy atom. The third-order valence-electron chi connectivity index (χ3n) is 7.01. The summed E-state index contributed by atoms with van der Waals surface area (Å²) >= 11 is 7.49. The molecule has 2 fully saturated rings. The largest absolute Gasteiger partial charge is 0.493 e. The first-order chi connectivity index (χ1) is 17.6. The van der Waals surface area contributed by atoms with E-state index < -0.39 is 6.04 Å². The van der Waals surface area contributed by atoms with Crippen LogP contribution >= 0.6 is 23.4 Å². The Kier molecular flexibility index (Phi) is 7.35. The Bertz CT molecular complexity index is 1420. The molecule has 0 saturated carbocycles. The number of hydrogen-bond donors (Lipinski definition) is 3. The number of benzene rings is 3. The number of aromatic nitrogens is 2. The van der Waals surface area contributed by atoms with Gasteiger partial charge in [0.1, 0.15) is 10.9 Å². The van der Waals surface area contributed by atoms with Gasteiger partial charge in [-0.1, -0.05) is 78.0 Å². The van der Waals surface area contributed by atoms with Crippen LogP contribution in [0.25, 0.3) is 0 Å². The fourth-order valence-electron chi connectivity index (χ4n) is 5.37. The molecule has 2 saturated heterocycles. The molecule has 3 aromatic carbocycles. The summed E-state index contributed by atoms with van der Waals surface area (Å²) in [5.74, 6) is -0.115. The predicted molar refractivity (Wildman–Crippen MR) is 148 cm³/mol. The number of anilines is 1. The number of H-pyrrole nitrogens is 1. The molecule has 2 aliphatic rings. The van der Waals surface area contributed by atoms with Crippen molar-refractivity contribution in [3.8, 4) is 5.88 Å². The normalized spacial score (nSPS) is 19.4. The van der Waals surface area contributed by atoms with Crippen molar-refractivity contribution in [2.75, 3.05) is 18.1 Å². The Morgan fingerprint density at radius 3 is 2.35 bits per heavy atom. The highest BCUT2D eigenvalue weighted by atomic mass is 35.5. The summed E-state index contributed by atoms with van der Waals surface area (Å²) in [5.41, 5.74) is 2.71. The molecule has 192 valence electrons. The van der Waals surface area contributed by atoms with Crippen LogP contribution in [-0.4, -0.2) is 40.2 Å². The van der Waals surface area contributed by atoms with Crippen LogP contribution in [0.5, 0.6) is 5.88 Å². The summed E-state index contributed by atoms with van der Waals surface area (Å²) in [6.07, 6.45) is 2.26. The Hall–Kier alpha value is -3.17. The molecule has 7 nitrogen and oxygen atoms in total. The van der Waals surface area contributed by atoms with Gasteiger partial charge in [-0.25, -0.2) is 4.68 Å². The van der Waals surface area contributed by atoms with Crippen molar-refractivity contribution in [1.29, 1.82) is 0 Å². The predicted octanol–water partition coefficient (Wildman–Crippen LogP) is 5.85. The summed E-state index contributed by atoms with van der Waals surface area (Å²) in [4.78, 5) is 16.4. The molecule has 2 bridgehead atoms. The second kappa shape index (κ2) is 10.7. The maximum atomic E-state index is 13.0. The first-order valence-electron chi connectivity index (χ1n) is 12.1. The second-order valence-electron chi connectivity index (χ2n) is 9.23. The van der Waals surface area contributed by atoms with Gasteiger partial charge >= 0.3 is 0 Å². The molecule has 5 N–H and O–H groups in total. The molecule has 0 radical (unpaired) electrons. The minimum Gasteiger partial charge on any atom is -0.493 e. The van der Waals surface area contributed by atoms with E-state index in [1.807, 2.05) is 60.7 Å². The lowest BCUT2D eigenvalue weighted by Crippen LogP contribution is -2.45. The first kappa shape index (κ1) is 25.5. The summed E-state index contributed by atoms with van der Waals surface area (Å²) in [7, 11) is 0. The molecule has 0 aliphatic carbocycles. The summed E-state index contributed by atoms with van der Waals surface area (Å²) in [6, 6.07) is 25.9. The molecule has 9 heteroatoms. The van der Waals surface area contributed by atoms with Gasteiger partial charge in [-0.3, -0.25) is 9.89 Å². The molecule has 3 atom stereocenters. The van der Waals surface area contributed by atoms with E-state index >= 15 is 0 Å². The quantitative estimate of drug-likeness (QED) is 0.285. The molecule has 37 heavy (non-hydrogen) atoms. The van der Waals surface area contributed by atoms with E-state index in [9.17, 15) is 9.90 Å². The molecular weight excluding hydrogens is 508 g/mol. The van der Waals surface area contributed by atoms with Gasteiger partial charge < -0.3 is 20.9 Å². The maximum Gasteiger partial charge on any atom is 0.282 e. The van der Waals surface area contributed by atoms with Crippen molar-refractivity contribution < 1.29 is 9.84 Å². The second-order valence-corrected chi connectivity index (χ2v) is 10.7. The van der Waals surface area contributed by atoms with Gasteiger partial charge in [-0.05, 0) is 48.2 Å². The minimum atomic E-state index is -0.418. The highest BCUT2D eigenvalue weighted by Crippen LogP contribution is 2.40. The average molecular weight is 537 g/mol. The van der Waals surface area contributed by atoms with Crippen molar-refractivity contribution in [1.82, 2.24) is 15.9 Å². The number of hydrogen-bond acceptors (Lipinski definition) is 6. The number of ether oxygens (including phenoxy) is 1. The van der Waals surface area contributed by atoms with E-state index in [1.165, 1.54) is 0 Å². The number of rotatable bonds is 6. The highest BCUT2D eigenvalue weighted by molar-refractivity contribution is 7.99. The van der Waals surface area contributed by atoms with Crippen LogP contribution in [0.15, 0.2) is 93.4 Å². The monoisotopic (exact) mass is 536 g/mol. The van der Waals surface area contributed by atoms with Crippen molar-refractivity contribution in [2.45, 2.75) is 40.8 Å². The first-order valence-corrected chi connectivity index (χ1v) is 13.3. The van der Waals surface area contributed by atoms with Crippen LogP contribution in [0.4, 0.5) is 5.69 Å². The van der Waals surface area contributed by atoms with Crippen molar-refractivity contribution >= 4 is 29.1 Å². The summed E-state index contributed by atoms with van der Waals surface area (Å²) in [6.45, 7) is 1.49. The fourth-order valence-corrected chi connectivity index (χ4v) is 6.48. The van der Waals surface area contributed by atoms with E-state index in [4.69, 9.17) is 16.3 Å². The minimum absolute atomic E-state index is 0. The van der Waals surface area contributed by atoms with Crippen LogP contribution < -0.4 is 16.6 Å². The van der Waals surface area contributed by atoms with Gasteiger partial charge in [0.05, 0.1) is 30.3 Å². The molecule has 3 heterocycles. The molecule has 3 unspecified atom stereocenters. The molecule has 0 spiro atoms. The van der Waals surface area contributed by atoms with Crippen molar-refractivity contribution in [3.05, 3.63) is 105 Å². The lowest BCUT2D eigenvalue weighted by atomic mass is 9.98. The zero-order valence-electron chi connectivity index (χ0n) is 20.2. The Balaban J connectivity index is 0.00000280. The number of aromatic hydroxyl groups is 1. The molecule has 6 rings (SSSR count). The SMILES string of the molecule is N.O=c1[nH]n(C(c2ccccc2)c2cccc(N3C4CCC3COC4)c2)c(O)c1Sc1ccccc1Cl. The maximum absolute atomic E-state index is 13.0. The van der Waals surface area contributed by atoms with E-state index in [2.05, 4.69) is 22.1 Å². The number of nitrogens with zero attached hydrogens (tertiary/aromatic N) is 2. The fraction of sp³-hybridized carbons (Fsp3) is 0.250. The zero-order chi connectivity index (χ0) is 24.6. The van der Waals surface area contributed by atoms with Crippen LogP contribution in [0, 0.1) is 0 Å². The van der Waals surface area contributed by atoms with Gasteiger partial charge in [-0.15, -0.1) is 0 Å². The summed E-state index contributed by atoms with van der Waals surface area (Å²) in [5, 5.41) is 14.7. The molecule has 2 aliphatic heterocycles. The third kappa shape index (κ3) is 4.78. The standard InChI is InChI=1S/C28H26ClN3O3S.H3N/c29-23-11-4-5-12-24(23)36-26-27(33)30-32(28(26)34)25(18-7-2-1-3-8-18)19-9-6-10-20(15-19)31-21-13-14-22(31)17-35-16-21;/h1-12,15,21-22,25,34H,13-14,16-17H2,(H,30,33);1H3. The van der Waals surface area contributed by atoms with E-state index in [0.717, 1.165) is 54.6 Å². The van der Waals surface area contributed by atoms with Gasteiger partial charge in [0, 0.05) is 10.6 Å².